The molecule has 1 N–H and O–H groups in total. The van der Waals surface area contributed by atoms with Gasteiger partial charge in [-0.25, -0.2) is 0 Å². The lowest BCUT2D eigenvalue weighted by atomic mass is 10.1. The zero-order chi connectivity index (χ0) is 14.7. The van der Waals surface area contributed by atoms with Gasteiger partial charge in [-0.1, -0.05) is 35.5 Å². The Labute approximate surface area is 127 Å². The van der Waals surface area contributed by atoms with Crippen LogP contribution in [-0.2, 0) is 6.61 Å². The van der Waals surface area contributed by atoms with E-state index in [-0.39, 0.29) is 0 Å². The van der Waals surface area contributed by atoms with Crippen LogP contribution in [0.5, 0.6) is 5.75 Å². The highest BCUT2D eigenvalue weighted by Gasteiger charge is 2.05. The highest BCUT2D eigenvalue weighted by Crippen LogP contribution is 2.26. The molecule has 0 saturated carbocycles. The topological polar surface area (TPSA) is 41.8 Å². The third-order valence-electron chi connectivity index (χ3n) is 3.36. The summed E-state index contributed by atoms with van der Waals surface area (Å²) in [6.45, 7) is 2.29. The van der Waals surface area contributed by atoms with Gasteiger partial charge in [-0.15, -0.1) is 11.3 Å². The zero-order valence-corrected chi connectivity index (χ0v) is 12.4. The van der Waals surface area contributed by atoms with E-state index in [1.165, 1.54) is 15.6 Å². The summed E-state index contributed by atoms with van der Waals surface area (Å²) < 4.78 is 7.14. The first kappa shape index (κ1) is 13.6. The molecular weight excluding hydrogens is 282 g/mol. The van der Waals surface area contributed by atoms with Gasteiger partial charge in [-0.2, -0.15) is 0 Å². The highest BCUT2D eigenvalue weighted by molar-refractivity contribution is 7.17. The molecule has 0 aliphatic carbocycles. The maximum Gasteiger partial charge on any atom is 0.120 e. The lowest BCUT2D eigenvalue weighted by molar-refractivity contribution is 0.308. The maximum absolute atomic E-state index is 8.83. The lowest BCUT2D eigenvalue weighted by Crippen LogP contribution is -1.98. The number of fused-ring (bicyclic) bond motifs is 1. The Morgan fingerprint density at radius 3 is 2.90 bits per heavy atom. The second kappa shape index (κ2) is 5.97. The lowest BCUT2D eigenvalue weighted by Gasteiger charge is -2.07. The molecule has 4 heteroatoms. The summed E-state index contributed by atoms with van der Waals surface area (Å²) in [7, 11) is 0. The van der Waals surface area contributed by atoms with Gasteiger partial charge in [-0.3, -0.25) is 0 Å². The Balaban J connectivity index is 1.79. The molecule has 0 aliphatic rings. The monoisotopic (exact) mass is 297 g/mol. The molecule has 0 saturated heterocycles. The number of oxime groups is 1. The third kappa shape index (κ3) is 2.90. The molecule has 0 bridgehead atoms. The largest absolute Gasteiger partial charge is 0.489 e. The zero-order valence-electron chi connectivity index (χ0n) is 11.6. The quantitative estimate of drug-likeness (QED) is 0.431. The van der Waals surface area contributed by atoms with Crippen molar-refractivity contribution in [1.29, 1.82) is 0 Å². The second-order valence-corrected chi connectivity index (χ2v) is 5.67. The highest BCUT2D eigenvalue weighted by atomic mass is 32.1. The molecule has 3 aromatic rings. The number of benzene rings is 2. The van der Waals surface area contributed by atoms with Crippen LogP contribution in [0.4, 0.5) is 0 Å². The Kier molecular flexibility index (Phi) is 3.88. The van der Waals surface area contributed by atoms with Crippen molar-refractivity contribution in [2.45, 2.75) is 13.5 Å². The molecule has 0 spiro atoms. The van der Waals surface area contributed by atoms with Crippen molar-refractivity contribution in [2.24, 2.45) is 5.16 Å². The van der Waals surface area contributed by atoms with Gasteiger partial charge >= 0.3 is 0 Å². The predicted octanol–water partition coefficient (Wildman–Crippen LogP) is 4.68. The van der Waals surface area contributed by atoms with Gasteiger partial charge in [0, 0.05) is 15.8 Å². The van der Waals surface area contributed by atoms with Crippen molar-refractivity contribution in [1.82, 2.24) is 0 Å². The van der Waals surface area contributed by atoms with Crippen molar-refractivity contribution in [3.8, 4) is 5.75 Å². The van der Waals surface area contributed by atoms with Gasteiger partial charge in [-0.05, 0) is 35.9 Å². The van der Waals surface area contributed by atoms with Gasteiger partial charge in [0.25, 0.3) is 0 Å². The second-order valence-electron chi connectivity index (χ2n) is 4.76. The molecule has 3 nitrogen and oxygen atoms in total. The van der Waals surface area contributed by atoms with Crippen LogP contribution >= 0.6 is 11.3 Å². The van der Waals surface area contributed by atoms with E-state index in [2.05, 4.69) is 22.7 Å². The standard InChI is InChI=1S/C17H15NO2S/c1-12(18-19)13-5-4-6-15(9-13)20-10-14-11-21-17-8-3-2-7-16(14)17/h2-9,11,19H,10H2,1H3. The van der Waals surface area contributed by atoms with E-state index in [4.69, 9.17) is 9.94 Å². The first-order chi connectivity index (χ1) is 10.3. The molecule has 0 aliphatic heterocycles. The molecule has 3 rings (SSSR count). The molecular formula is C17H15NO2S. The molecule has 1 heterocycles. The molecule has 0 amide bonds. The molecule has 0 radical (unpaired) electrons. The number of hydrogen-bond donors (Lipinski definition) is 1. The minimum absolute atomic E-state index is 0.531. The van der Waals surface area contributed by atoms with Crippen LogP contribution in [0.25, 0.3) is 10.1 Å². The molecule has 21 heavy (non-hydrogen) atoms. The average molecular weight is 297 g/mol. The van der Waals surface area contributed by atoms with Gasteiger partial charge in [0.2, 0.25) is 0 Å². The predicted molar refractivity (Wildman–Crippen MR) is 86.6 cm³/mol. The van der Waals surface area contributed by atoms with Crippen molar-refractivity contribution in [3.63, 3.8) is 0 Å². The number of thiophene rings is 1. The summed E-state index contributed by atoms with van der Waals surface area (Å²) in [6, 6.07) is 15.9. The molecule has 0 fully saturated rings. The van der Waals surface area contributed by atoms with Crippen LogP contribution in [0, 0.1) is 0 Å². The summed E-state index contributed by atoms with van der Waals surface area (Å²) in [5, 5.41) is 15.4. The van der Waals surface area contributed by atoms with Crippen LogP contribution in [0.15, 0.2) is 59.1 Å². The molecule has 106 valence electrons. The first-order valence-corrected chi connectivity index (χ1v) is 7.53. The van der Waals surface area contributed by atoms with Crippen molar-refractivity contribution in [2.75, 3.05) is 0 Å². The Morgan fingerprint density at radius 2 is 2.05 bits per heavy atom. The van der Waals surface area contributed by atoms with E-state index in [1.807, 2.05) is 36.4 Å². The fourth-order valence-corrected chi connectivity index (χ4v) is 3.12. The normalized spacial score (nSPS) is 11.8. The Hall–Kier alpha value is -2.33. The Morgan fingerprint density at radius 1 is 1.19 bits per heavy atom. The summed E-state index contributed by atoms with van der Waals surface area (Å²) in [6.07, 6.45) is 0. The van der Waals surface area contributed by atoms with Gasteiger partial charge < -0.3 is 9.94 Å². The minimum Gasteiger partial charge on any atom is -0.489 e. The number of hydrogen-bond acceptors (Lipinski definition) is 4. The minimum atomic E-state index is 0.531. The van der Waals surface area contributed by atoms with Crippen molar-refractivity contribution < 1.29 is 9.94 Å². The fourth-order valence-electron chi connectivity index (χ4n) is 2.17. The van der Waals surface area contributed by atoms with E-state index in [9.17, 15) is 0 Å². The number of ether oxygens (including phenoxy) is 1. The summed E-state index contributed by atoms with van der Waals surface area (Å²) >= 11 is 1.73. The van der Waals surface area contributed by atoms with E-state index in [0.29, 0.717) is 12.3 Å². The number of rotatable bonds is 4. The smallest absolute Gasteiger partial charge is 0.120 e. The van der Waals surface area contributed by atoms with Gasteiger partial charge in [0.15, 0.2) is 0 Å². The van der Waals surface area contributed by atoms with E-state index in [1.54, 1.807) is 18.3 Å². The SMILES string of the molecule is CC(=NO)c1cccc(OCc2csc3ccccc23)c1. The molecule has 0 unspecified atom stereocenters. The number of nitrogens with zero attached hydrogens (tertiary/aromatic N) is 1. The Bertz CT molecular complexity index is 792. The molecule has 1 aromatic heterocycles. The van der Waals surface area contributed by atoms with E-state index >= 15 is 0 Å². The van der Waals surface area contributed by atoms with Gasteiger partial charge in [0.1, 0.15) is 12.4 Å². The summed E-state index contributed by atoms with van der Waals surface area (Å²) in [5.74, 6) is 0.769. The van der Waals surface area contributed by atoms with Crippen LogP contribution in [0.2, 0.25) is 0 Å². The first-order valence-electron chi connectivity index (χ1n) is 6.65. The fraction of sp³-hybridized carbons (Fsp3) is 0.118. The van der Waals surface area contributed by atoms with Gasteiger partial charge in [0.05, 0.1) is 5.71 Å². The molecule has 0 atom stereocenters. The van der Waals surface area contributed by atoms with E-state index in [0.717, 1.165) is 11.3 Å². The average Bonchev–Trinajstić information content (AvgIpc) is 2.95. The van der Waals surface area contributed by atoms with Crippen LogP contribution < -0.4 is 4.74 Å². The molecule has 2 aromatic carbocycles. The van der Waals surface area contributed by atoms with E-state index < -0.39 is 0 Å². The van der Waals surface area contributed by atoms with Crippen LogP contribution in [0.1, 0.15) is 18.1 Å². The maximum atomic E-state index is 8.83. The van der Waals surface area contributed by atoms with Crippen molar-refractivity contribution >= 4 is 27.1 Å². The van der Waals surface area contributed by atoms with Crippen LogP contribution in [0.3, 0.4) is 0 Å². The third-order valence-corrected chi connectivity index (χ3v) is 4.37. The summed E-state index contributed by atoms with van der Waals surface area (Å²) in [5.41, 5.74) is 2.61. The van der Waals surface area contributed by atoms with Crippen molar-refractivity contribution in [3.05, 3.63) is 65.0 Å². The van der Waals surface area contributed by atoms with Crippen LogP contribution in [-0.4, -0.2) is 10.9 Å². The summed E-state index contributed by atoms with van der Waals surface area (Å²) in [4.78, 5) is 0.